The van der Waals surface area contributed by atoms with Gasteiger partial charge in [-0.15, -0.1) is 0 Å². The van der Waals surface area contributed by atoms with Crippen LogP contribution in [0.25, 0.3) is 0 Å². The molecule has 5 rings (SSSR count). The van der Waals surface area contributed by atoms with Crippen LogP contribution in [0.15, 0.2) is 78.9 Å². The maximum absolute atomic E-state index is 13.7. The molecule has 3 aromatic carbocycles. The van der Waals surface area contributed by atoms with E-state index in [0.29, 0.717) is 5.69 Å². The van der Waals surface area contributed by atoms with Crippen molar-refractivity contribution in [1.29, 1.82) is 0 Å². The normalized spacial score (nSPS) is 22.1. The number of imide groups is 1. The Morgan fingerprint density at radius 1 is 0.818 bits per heavy atom. The maximum atomic E-state index is 13.7. The number of nitrogens with zero attached hydrogens (tertiary/aromatic N) is 3. The molecule has 2 aliphatic rings. The zero-order chi connectivity index (χ0) is 23.1. The van der Waals surface area contributed by atoms with E-state index in [4.69, 9.17) is 4.84 Å². The van der Waals surface area contributed by atoms with Crippen molar-refractivity contribution in [2.75, 3.05) is 29.0 Å². The number of carbonyl (C=O) groups is 2. The molecule has 2 amide bonds. The number of benzene rings is 3. The minimum Gasteiger partial charge on any atom is -0.378 e. The summed E-state index contributed by atoms with van der Waals surface area (Å²) in [6.45, 7) is 2.07. The number of para-hydroxylation sites is 1. The van der Waals surface area contributed by atoms with Gasteiger partial charge < -0.3 is 4.90 Å². The SMILES string of the molecule is CCc1ccc(N2C(=O)[C@H]3[C@@H](c4ccc(N(C)C)cc4)N(c4ccccc4)O[C@H]3C2=O)cc1. The van der Waals surface area contributed by atoms with Gasteiger partial charge in [0.15, 0.2) is 6.10 Å². The molecule has 0 aromatic heterocycles. The van der Waals surface area contributed by atoms with Crippen LogP contribution in [0.2, 0.25) is 0 Å². The van der Waals surface area contributed by atoms with E-state index in [-0.39, 0.29) is 11.8 Å². The van der Waals surface area contributed by atoms with Crippen molar-refractivity contribution in [1.82, 2.24) is 0 Å². The highest BCUT2D eigenvalue weighted by Gasteiger charge is 2.60. The zero-order valence-corrected chi connectivity index (χ0v) is 19.0. The van der Waals surface area contributed by atoms with E-state index < -0.39 is 18.1 Å². The van der Waals surface area contributed by atoms with E-state index in [2.05, 4.69) is 6.92 Å². The van der Waals surface area contributed by atoms with E-state index in [9.17, 15) is 9.59 Å². The average molecular weight is 442 g/mol. The van der Waals surface area contributed by atoms with E-state index in [1.165, 1.54) is 4.90 Å². The van der Waals surface area contributed by atoms with Crippen LogP contribution in [0.1, 0.15) is 24.1 Å². The lowest BCUT2D eigenvalue weighted by molar-refractivity contribution is -0.126. The molecule has 2 fully saturated rings. The number of aryl methyl sites for hydroxylation is 1. The number of anilines is 3. The Balaban J connectivity index is 1.55. The van der Waals surface area contributed by atoms with Crippen LogP contribution in [0.5, 0.6) is 0 Å². The predicted octanol–water partition coefficient (Wildman–Crippen LogP) is 4.37. The first-order valence-electron chi connectivity index (χ1n) is 11.2. The van der Waals surface area contributed by atoms with Gasteiger partial charge in [0, 0.05) is 19.8 Å². The van der Waals surface area contributed by atoms with Gasteiger partial charge in [0.1, 0.15) is 5.92 Å². The minimum atomic E-state index is -0.859. The van der Waals surface area contributed by atoms with Gasteiger partial charge in [-0.1, -0.05) is 49.4 Å². The molecule has 6 heteroatoms. The number of carbonyl (C=O) groups excluding carboxylic acids is 2. The van der Waals surface area contributed by atoms with E-state index in [1.807, 2.05) is 97.9 Å². The van der Waals surface area contributed by atoms with Crippen molar-refractivity contribution in [2.45, 2.75) is 25.5 Å². The summed E-state index contributed by atoms with van der Waals surface area (Å²) < 4.78 is 0. The van der Waals surface area contributed by atoms with Crippen molar-refractivity contribution >= 4 is 28.9 Å². The summed E-state index contributed by atoms with van der Waals surface area (Å²) in [5.41, 5.74) is 4.55. The monoisotopic (exact) mass is 441 g/mol. The summed E-state index contributed by atoms with van der Waals surface area (Å²) in [5.74, 6) is -1.18. The number of hydrogen-bond acceptors (Lipinski definition) is 5. The topological polar surface area (TPSA) is 53.1 Å². The van der Waals surface area contributed by atoms with Gasteiger partial charge in [-0.3, -0.25) is 14.4 Å². The third kappa shape index (κ3) is 3.56. The number of amides is 2. The molecule has 3 aromatic rings. The predicted molar refractivity (Wildman–Crippen MR) is 129 cm³/mol. The number of fused-ring (bicyclic) bond motifs is 1. The third-order valence-corrected chi connectivity index (χ3v) is 6.48. The van der Waals surface area contributed by atoms with Crippen molar-refractivity contribution in [2.24, 2.45) is 5.92 Å². The van der Waals surface area contributed by atoms with Gasteiger partial charge in [0.05, 0.1) is 17.4 Å². The highest BCUT2D eigenvalue weighted by atomic mass is 16.7. The molecule has 3 atom stereocenters. The summed E-state index contributed by atoms with van der Waals surface area (Å²) in [4.78, 5) is 36.6. The molecule has 0 N–H and O–H groups in total. The van der Waals surface area contributed by atoms with Crippen LogP contribution in [-0.2, 0) is 20.8 Å². The van der Waals surface area contributed by atoms with Crippen LogP contribution in [-0.4, -0.2) is 32.0 Å². The second-order valence-corrected chi connectivity index (χ2v) is 8.68. The molecule has 0 aliphatic carbocycles. The molecule has 0 spiro atoms. The first kappa shape index (κ1) is 21.2. The molecular formula is C27H27N3O3. The van der Waals surface area contributed by atoms with Crippen molar-refractivity contribution in [3.05, 3.63) is 90.0 Å². The van der Waals surface area contributed by atoms with Crippen LogP contribution < -0.4 is 14.9 Å². The standard InChI is InChI=1S/C27H27N3O3/c1-4-18-10-14-21(15-11-18)29-26(31)23-24(19-12-16-20(17-13-19)28(2)3)30(33-25(23)27(29)32)22-8-6-5-7-9-22/h5-17,23-25H,4H2,1-3H3/t23-,24+,25+/m0/s1. The Labute approximate surface area is 193 Å². The smallest absolute Gasteiger partial charge is 0.266 e. The van der Waals surface area contributed by atoms with Gasteiger partial charge in [-0.25, -0.2) is 9.96 Å². The first-order valence-corrected chi connectivity index (χ1v) is 11.2. The lowest BCUT2D eigenvalue weighted by Crippen LogP contribution is -2.37. The maximum Gasteiger partial charge on any atom is 0.266 e. The lowest BCUT2D eigenvalue weighted by Gasteiger charge is -2.29. The molecule has 2 saturated heterocycles. The summed E-state index contributed by atoms with van der Waals surface area (Å²) in [6, 6.07) is 24.9. The summed E-state index contributed by atoms with van der Waals surface area (Å²) in [6.07, 6.45) is 0.0372. The summed E-state index contributed by atoms with van der Waals surface area (Å²) in [7, 11) is 3.97. The molecule has 0 bridgehead atoms. The van der Waals surface area contributed by atoms with Crippen LogP contribution in [0.3, 0.4) is 0 Å². The minimum absolute atomic E-state index is 0.227. The number of rotatable bonds is 5. The van der Waals surface area contributed by atoms with Crippen LogP contribution in [0, 0.1) is 5.92 Å². The number of hydroxylamine groups is 1. The Morgan fingerprint density at radius 2 is 1.48 bits per heavy atom. The quantitative estimate of drug-likeness (QED) is 0.551. The van der Waals surface area contributed by atoms with Gasteiger partial charge in [-0.05, 0) is 53.9 Å². The fourth-order valence-corrected chi connectivity index (χ4v) is 4.66. The molecule has 0 radical (unpaired) electrons. The molecule has 0 saturated carbocycles. The molecule has 6 nitrogen and oxygen atoms in total. The van der Waals surface area contributed by atoms with Crippen molar-refractivity contribution in [3.63, 3.8) is 0 Å². The van der Waals surface area contributed by atoms with Gasteiger partial charge in [-0.2, -0.15) is 0 Å². The van der Waals surface area contributed by atoms with Crippen LogP contribution >= 0.6 is 0 Å². The van der Waals surface area contributed by atoms with Crippen molar-refractivity contribution in [3.8, 4) is 0 Å². The Kier molecular flexibility index (Phi) is 5.38. The van der Waals surface area contributed by atoms with E-state index in [1.54, 1.807) is 5.06 Å². The third-order valence-electron chi connectivity index (χ3n) is 6.48. The van der Waals surface area contributed by atoms with Gasteiger partial charge >= 0.3 is 0 Å². The molecule has 168 valence electrons. The fourth-order valence-electron chi connectivity index (χ4n) is 4.66. The van der Waals surface area contributed by atoms with Crippen molar-refractivity contribution < 1.29 is 14.4 Å². The average Bonchev–Trinajstić information content (AvgIpc) is 3.36. The highest BCUT2D eigenvalue weighted by molar-refractivity contribution is 6.23. The second kappa shape index (κ2) is 8.37. The first-order chi connectivity index (χ1) is 16.0. The second-order valence-electron chi connectivity index (χ2n) is 8.68. The molecule has 2 heterocycles. The Hall–Kier alpha value is -3.64. The zero-order valence-electron chi connectivity index (χ0n) is 19.0. The Bertz CT molecular complexity index is 1160. The van der Waals surface area contributed by atoms with Gasteiger partial charge in [0.25, 0.3) is 5.91 Å². The molecule has 2 aliphatic heterocycles. The molecular weight excluding hydrogens is 414 g/mol. The fraction of sp³-hybridized carbons (Fsp3) is 0.259. The highest BCUT2D eigenvalue weighted by Crippen LogP contribution is 2.47. The molecule has 0 unspecified atom stereocenters. The summed E-state index contributed by atoms with van der Waals surface area (Å²) in [5, 5.41) is 1.73. The van der Waals surface area contributed by atoms with Gasteiger partial charge in [0.2, 0.25) is 5.91 Å². The lowest BCUT2D eigenvalue weighted by atomic mass is 9.90. The molecule has 33 heavy (non-hydrogen) atoms. The Morgan fingerprint density at radius 3 is 2.09 bits per heavy atom. The van der Waals surface area contributed by atoms with E-state index >= 15 is 0 Å². The number of hydrogen-bond donors (Lipinski definition) is 0. The summed E-state index contributed by atoms with van der Waals surface area (Å²) >= 11 is 0. The van der Waals surface area contributed by atoms with E-state index in [0.717, 1.165) is 28.9 Å². The van der Waals surface area contributed by atoms with Crippen LogP contribution in [0.4, 0.5) is 17.1 Å². The largest absolute Gasteiger partial charge is 0.378 e.